The second-order valence-electron chi connectivity index (χ2n) is 5.35. The van der Waals surface area contributed by atoms with E-state index in [1.807, 2.05) is 0 Å². The molecule has 1 atom stereocenters. The number of rotatable bonds is 4. The van der Waals surface area contributed by atoms with Gasteiger partial charge in [0.1, 0.15) is 0 Å². The Kier molecular flexibility index (Phi) is 4.54. The standard InChI is InChI=1S/C16H23NO/c1-12(2)16(11-18-3)17-15-10-6-8-13-7-4-5-9-14(13)15/h4-5,7,9,12,16H,6,8,10-11H2,1-3H3/t16-/m1/s1. The molecule has 0 spiro atoms. The number of aliphatic imine (C=N–C) groups is 1. The van der Waals surface area contributed by atoms with E-state index in [2.05, 4.69) is 38.1 Å². The summed E-state index contributed by atoms with van der Waals surface area (Å²) >= 11 is 0. The van der Waals surface area contributed by atoms with Gasteiger partial charge in [0.15, 0.2) is 0 Å². The van der Waals surface area contributed by atoms with E-state index in [9.17, 15) is 0 Å². The Balaban J connectivity index is 2.28. The first-order valence-corrected chi connectivity index (χ1v) is 6.86. The van der Waals surface area contributed by atoms with Gasteiger partial charge in [0.05, 0.1) is 12.6 Å². The molecule has 0 saturated heterocycles. The van der Waals surface area contributed by atoms with E-state index in [1.165, 1.54) is 29.7 Å². The van der Waals surface area contributed by atoms with E-state index in [0.717, 1.165) is 6.42 Å². The molecule has 0 N–H and O–H groups in total. The number of hydrogen-bond acceptors (Lipinski definition) is 2. The lowest BCUT2D eigenvalue weighted by Gasteiger charge is -2.22. The van der Waals surface area contributed by atoms with Crippen LogP contribution in [0.1, 0.15) is 37.8 Å². The smallest absolute Gasteiger partial charge is 0.0759 e. The first-order valence-electron chi connectivity index (χ1n) is 6.86. The van der Waals surface area contributed by atoms with Crippen molar-refractivity contribution >= 4 is 5.71 Å². The number of hydrogen-bond donors (Lipinski definition) is 0. The molecule has 2 nitrogen and oxygen atoms in total. The molecule has 0 heterocycles. The van der Waals surface area contributed by atoms with Gasteiger partial charge in [-0.2, -0.15) is 0 Å². The lowest BCUT2D eigenvalue weighted by Crippen LogP contribution is -2.23. The lowest BCUT2D eigenvalue weighted by atomic mass is 9.89. The molecule has 1 aliphatic rings. The third-order valence-electron chi connectivity index (χ3n) is 3.62. The number of nitrogens with zero attached hydrogens (tertiary/aromatic N) is 1. The molecule has 18 heavy (non-hydrogen) atoms. The zero-order chi connectivity index (χ0) is 13.0. The Morgan fingerprint density at radius 2 is 2.00 bits per heavy atom. The summed E-state index contributed by atoms with van der Waals surface area (Å²) < 4.78 is 5.29. The van der Waals surface area contributed by atoms with Crippen molar-refractivity contribution in [3.05, 3.63) is 35.4 Å². The number of aryl methyl sites for hydroxylation is 1. The zero-order valence-corrected chi connectivity index (χ0v) is 11.6. The summed E-state index contributed by atoms with van der Waals surface area (Å²) in [5.41, 5.74) is 4.07. The highest BCUT2D eigenvalue weighted by Crippen LogP contribution is 2.23. The van der Waals surface area contributed by atoms with Gasteiger partial charge in [-0.3, -0.25) is 4.99 Å². The van der Waals surface area contributed by atoms with Crippen LogP contribution in [0.3, 0.4) is 0 Å². The van der Waals surface area contributed by atoms with E-state index in [0.29, 0.717) is 12.5 Å². The van der Waals surface area contributed by atoms with Gasteiger partial charge in [-0.1, -0.05) is 38.1 Å². The molecule has 1 aromatic carbocycles. The molecular formula is C16H23NO. The van der Waals surface area contributed by atoms with Gasteiger partial charge in [0.25, 0.3) is 0 Å². The summed E-state index contributed by atoms with van der Waals surface area (Å²) in [5, 5.41) is 0. The third kappa shape index (κ3) is 2.99. The van der Waals surface area contributed by atoms with Gasteiger partial charge >= 0.3 is 0 Å². The van der Waals surface area contributed by atoms with Gasteiger partial charge in [0.2, 0.25) is 0 Å². The fourth-order valence-corrected chi connectivity index (χ4v) is 2.48. The van der Waals surface area contributed by atoms with Crippen LogP contribution in [0.4, 0.5) is 0 Å². The second-order valence-corrected chi connectivity index (χ2v) is 5.35. The van der Waals surface area contributed by atoms with E-state index in [-0.39, 0.29) is 6.04 Å². The summed E-state index contributed by atoms with van der Waals surface area (Å²) in [6, 6.07) is 8.94. The van der Waals surface area contributed by atoms with E-state index in [4.69, 9.17) is 9.73 Å². The molecule has 0 aromatic heterocycles. The quantitative estimate of drug-likeness (QED) is 0.795. The van der Waals surface area contributed by atoms with Crippen molar-refractivity contribution < 1.29 is 4.74 Å². The fraction of sp³-hybridized carbons (Fsp3) is 0.562. The maximum absolute atomic E-state index is 5.29. The van der Waals surface area contributed by atoms with Gasteiger partial charge < -0.3 is 4.74 Å². The molecule has 2 rings (SSSR count). The van der Waals surface area contributed by atoms with Gasteiger partial charge in [-0.25, -0.2) is 0 Å². The average molecular weight is 245 g/mol. The molecule has 0 radical (unpaired) electrons. The molecule has 1 aromatic rings. The predicted molar refractivity (Wildman–Crippen MR) is 76.4 cm³/mol. The van der Waals surface area contributed by atoms with Crippen molar-refractivity contribution in [2.75, 3.05) is 13.7 Å². The molecule has 0 unspecified atom stereocenters. The monoisotopic (exact) mass is 245 g/mol. The van der Waals surface area contributed by atoms with E-state index in [1.54, 1.807) is 7.11 Å². The zero-order valence-electron chi connectivity index (χ0n) is 11.6. The minimum atomic E-state index is 0.274. The second kappa shape index (κ2) is 6.14. The first-order chi connectivity index (χ1) is 8.72. The highest BCUT2D eigenvalue weighted by Gasteiger charge is 2.18. The lowest BCUT2D eigenvalue weighted by molar-refractivity contribution is 0.165. The molecule has 98 valence electrons. The van der Waals surface area contributed by atoms with Crippen molar-refractivity contribution in [2.24, 2.45) is 10.9 Å². The van der Waals surface area contributed by atoms with Crippen LogP contribution >= 0.6 is 0 Å². The van der Waals surface area contributed by atoms with Crippen molar-refractivity contribution in [1.82, 2.24) is 0 Å². The fourth-order valence-electron chi connectivity index (χ4n) is 2.48. The minimum absolute atomic E-state index is 0.274. The minimum Gasteiger partial charge on any atom is -0.382 e. The van der Waals surface area contributed by atoms with Crippen LogP contribution in [0.2, 0.25) is 0 Å². The molecule has 1 aliphatic carbocycles. The van der Waals surface area contributed by atoms with E-state index < -0.39 is 0 Å². The SMILES string of the molecule is COC[C@@H](N=C1CCCc2ccccc21)C(C)C. The predicted octanol–water partition coefficient (Wildman–Crippen LogP) is 3.48. The average Bonchev–Trinajstić information content (AvgIpc) is 2.38. The van der Waals surface area contributed by atoms with Gasteiger partial charge in [0, 0.05) is 12.8 Å². The Hall–Kier alpha value is -1.15. The highest BCUT2D eigenvalue weighted by molar-refractivity contribution is 6.02. The third-order valence-corrected chi connectivity index (χ3v) is 3.62. The highest BCUT2D eigenvalue weighted by atomic mass is 16.5. The van der Waals surface area contributed by atoms with Crippen molar-refractivity contribution in [3.8, 4) is 0 Å². The van der Waals surface area contributed by atoms with Crippen LogP contribution in [0.15, 0.2) is 29.3 Å². The van der Waals surface area contributed by atoms with Crippen LogP contribution in [-0.2, 0) is 11.2 Å². The van der Waals surface area contributed by atoms with Gasteiger partial charge in [-0.15, -0.1) is 0 Å². The normalized spacial score (nSPS) is 19.0. The summed E-state index contributed by atoms with van der Waals surface area (Å²) in [7, 11) is 1.75. The number of benzene rings is 1. The number of fused-ring (bicyclic) bond motifs is 1. The van der Waals surface area contributed by atoms with E-state index >= 15 is 0 Å². The summed E-state index contributed by atoms with van der Waals surface area (Å²) in [5.74, 6) is 0.520. The Morgan fingerprint density at radius 1 is 1.22 bits per heavy atom. The molecule has 0 fully saturated rings. The molecule has 0 saturated carbocycles. The number of ether oxygens (including phenoxy) is 1. The van der Waals surface area contributed by atoms with Crippen LogP contribution in [0.25, 0.3) is 0 Å². The number of methoxy groups -OCH3 is 1. The molecule has 0 bridgehead atoms. The topological polar surface area (TPSA) is 21.6 Å². The molecule has 0 aliphatic heterocycles. The van der Waals surface area contributed by atoms with Crippen molar-refractivity contribution in [2.45, 2.75) is 39.2 Å². The first kappa shape index (κ1) is 13.3. The van der Waals surface area contributed by atoms with Crippen molar-refractivity contribution in [1.29, 1.82) is 0 Å². The summed E-state index contributed by atoms with van der Waals surface area (Å²) in [6.45, 7) is 5.13. The van der Waals surface area contributed by atoms with Crippen LogP contribution in [-0.4, -0.2) is 25.5 Å². The maximum Gasteiger partial charge on any atom is 0.0759 e. The van der Waals surface area contributed by atoms with Crippen LogP contribution in [0.5, 0.6) is 0 Å². The Labute approximate surface area is 110 Å². The van der Waals surface area contributed by atoms with Crippen LogP contribution in [0, 0.1) is 5.92 Å². The molecular weight excluding hydrogens is 222 g/mol. The van der Waals surface area contributed by atoms with Crippen LogP contribution < -0.4 is 0 Å². The molecule has 2 heteroatoms. The van der Waals surface area contributed by atoms with Crippen molar-refractivity contribution in [3.63, 3.8) is 0 Å². The van der Waals surface area contributed by atoms with Gasteiger partial charge in [-0.05, 0) is 36.3 Å². The Morgan fingerprint density at radius 3 is 2.72 bits per heavy atom. The maximum atomic E-state index is 5.29. The summed E-state index contributed by atoms with van der Waals surface area (Å²) in [6.07, 6.45) is 3.50. The summed E-state index contributed by atoms with van der Waals surface area (Å²) in [4.78, 5) is 4.96. The Bertz CT molecular complexity index is 423. The largest absolute Gasteiger partial charge is 0.382 e. The molecule has 0 amide bonds.